The standard InChI is InChI=1S/C20H31N5O3.HI/c1-4-19(27)25-11-10-16(14-25)24-20(21-5-2)23-13-18(26)22-12-15-6-8-17(28-3)9-7-15;/h6-9,16H,4-5,10-14H2,1-3H3,(H,22,26)(H2,21,23,24);1H. The van der Waals surface area contributed by atoms with Crippen LogP contribution >= 0.6 is 24.0 Å². The van der Waals surface area contributed by atoms with Gasteiger partial charge in [0, 0.05) is 38.6 Å². The summed E-state index contributed by atoms with van der Waals surface area (Å²) < 4.78 is 5.12. The van der Waals surface area contributed by atoms with E-state index in [0.717, 1.165) is 24.3 Å². The van der Waals surface area contributed by atoms with E-state index < -0.39 is 0 Å². The van der Waals surface area contributed by atoms with Gasteiger partial charge in [-0.1, -0.05) is 19.1 Å². The van der Waals surface area contributed by atoms with Crippen LogP contribution in [0.25, 0.3) is 0 Å². The van der Waals surface area contributed by atoms with E-state index in [4.69, 9.17) is 4.74 Å². The van der Waals surface area contributed by atoms with Crippen LogP contribution in [0, 0.1) is 0 Å². The number of guanidine groups is 1. The maximum absolute atomic E-state index is 12.1. The van der Waals surface area contributed by atoms with Crippen LogP contribution in [0.5, 0.6) is 5.75 Å². The van der Waals surface area contributed by atoms with E-state index in [2.05, 4.69) is 20.9 Å². The van der Waals surface area contributed by atoms with Crippen molar-refractivity contribution in [3.05, 3.63) is 29.8 Å². The first kappa shape index (κ1) is 25.0. The second kappa shape index (κ2) is 13.2. The second-order valence-corrected chi connectivity index (χ2v) is 6.64. The number of likely N-dealkylation sites (tertiary alicyclic amines) is 1. The number of methoxy groups -OCH3 is 1. The van der Waals surface area contributed by atoms with E-state index in [1.807, 2.05) is 43.0 Å². The smallest absolute Gasteiger partial charge is 0.242 e. The number of amides is 2. The van der Waals surface area contributed by atoms with Gasteiger partial charge in [-0.05, 0) is 31.0 Å². The van der Waals surface area contributed by atoms with Crippen molar-refractivity contribution in [3.8, 4) is 5.75 Å². The highest BCUT2D eigenvalue weighted by Crippen LogP contribution is 2.11. The number of carbonyl (C=O) groups is 2. The van der Waals surface area contributed by atoms with Gasteiger partial charge in [0.15, 0.2) is 5.96 Å². The van der Waals surface area contributed by atoms with Gasteiger partial charge in [0.05, 0.1) is 7.11 Å². The third-order valence-corrected chi connectivity index (χ3v) is 4.56. The average Bonchev–Trinajstić information content (AvgIpc) is 3.19. The van der Waals surface area contributed by atoms with Crippen LogP contribution in [0.3, 0.4) is 0 Å². The lowest BCUT2D eigenvalue weighted by Crippen LogP contribution is -2.45. The number of nitrogens with one attached hydrogen (secondary N) is 3. The van der Waals surface area contributed by atoms with Crippen LogP contribution in [0.15, 0.2) is 29.3 Å². The Morgan fingerprint density at radius 3 is 2.55 bits per heavy atom. The number of ether oxygens (including phenoxy) is 1. The van der Waals surface area contributed by atoms with Gasteiger partial charge in [-0.2, -0.15) is 0 Å². The minimum atomic E-state index is -0.151. The van der Waals surface area contributed by atoms with Gasteiger partial charge in [-0.3, -0.25) is 9.59 Å². The third-order valence-electron chi connectivity index (χ3n) is 4.56. The molecule has 1 aliphatic heterocycles. The number of rotatable bonds is 8. The van der Waals surface area contributed by atoms with Crippen molar-refractivity contribution in [2.24, 2.45) is 4.99 Å². The normalized spacial score (nSPS) is 16.0. The quantitative estimate of drug-likeness (QED) is 0.276. The Morgan fingerprint density at radius 2 is 1.93 bits per heavy atom. The third kappa shape index (κ3) is 8.46. The Morgan fingerprint density at radius 1 is 1.21 bits per heavy atom. The maximum Gasteiger partial charge on any atom is 0.242 e. The van der Waals surface area contributed by atoms with E-state index in [-0.39, 0.29) is 48.4 Å². The van der Waals surface area contributed by atoms with E-state index in [9.17, 15) is 9.59 Å². The highest BCUT2D eigenvalue weighted by Gasteiger charge is 2.25. The molecule has 1 aromatic carbocycles. The van der Waals surface area contributed by atoms with Crippen LogP contribution in [-0.4, -0.2) is 62.0 Å². The first-order valence-electron chi connectivity index (χ1n) is 9.78. The van der Waals surface area contributed by atoms with Gasteiger partial charge in [-0.15, -0.1) is 24.0 Å². The number of hydrogen-bond acceptors (Lipinski definition) is 4. The molecule has 0 spiro atoms. The molecule has 1 aromatic rings. The summed E-state index contributed by atoms with van der Waals surface area (Å²) in [6, 6.07) is 7.70. The van der Waals surface area contributed by atoms with Gasteiger partial charge in [0.2, 0.25) is 11.8 Å². The minimum Gasteiger partial charge on any atom is -0.497 e. The van der Waals surface area contributed by atoms with Crippen molar-refractivity contribution in [1.29, 1.82) is 0 Å². The summed E-state index contributed by atoms with van der Waals surface area (Å²) in [5, 5.41) is 9.33. The maximum atomic E-state index is 12.1. The van der Waals surface area contributed by atoms with Crippen molar-refractivity contribution in [2.75, 3.05) is 33.3 Å². The highest BCUT2D eigenvalue weighted by molar-refractivity contribution is 14.0. The molecule has 29 heavy (non-hydrogen) atoms. The summed E-state index contributed by atoms with van der Waals surface area (Å²) in [7, 11) is 1.62. The Balaban J connectivity index is 0.00000420. The van der Waals surface area contributed by atoms with Gasteiger partial charge < -0.3 is 25.6 Å². The molecule has 1 unspecified atom stereocenters. The van der Waals surface area contributed by atoms with E-state index in [0.29, 0.717) is 32.0 Å². The zero-order chi connectivity index (χ0) is 20.4. The Kier molecular flexibility index (Phi) is 11.4. The molecule has 9 heteroatoms. The number of halogens is 1. The molecule has 0 radical (unpaired) electrons. The van der Waals surface area contributed by atoms with Crippen LogP contribution in [0.4, 0.5) is 0 Å². The molecule has 1 saturated heterocycles. The van der Waals surface area contributed by atoms with E-state index in [1.165, 1.54) is 0 Å². The van der Waals surface area contributed by atoms with Crippen molar-refractivity contribution in [2.45, 2.75) is 39.3 Å². The Hall–Kier alpha value is -2.04. The van der Waals surface area contributed by atoms with Crippen LogP contribution < -0.4 is 20.7 Å². The first-order chi connectivity index (χ1) is 13.5. The zero-order valence-electron chi connectivity index (χ0n) is 17.4. The van der Waals surface area contributed by atoms with Crippen molar-refractivity contribution in [3.63, 3.8) is 0 Å². The zero-order valence-corrected chi connectivity index (χ0v) is 19.7. The molecule has 2 rings (SSSR count). The predicted octanol–water partition coefficient (Wildman–Crippen LogP) is 1.50. The lowest BCUT2D eigenvalue weighted by molar-refractivity contribution is -0.129. The summed E-state index contributed by atoms with van der Waals surface area (Å²) in [5.74, 6) is 1.40. The van der Waals surface area contributed by atoms with Gasteiger partial charge in [-0.25, -0.2) is 4.99 Å². The fourth-order valence-corrected chi connectivity index (χ4v) is 2.99. The van der Waals surface area contributed by atoms with Crippen molar-refractivity contribution in [1.82, 2.24) is 20.9 Å². The fraction of sp³-hybridized carbons (Fsp3) is 0.550. The molecule has 8 nitrogen and oxygen atoms in total. The number of carbonyl (C=O) groups excluding carboxylic acids is 2. The van der Waals surface area contributed by atoms with Crippen LogP contribution in [0.2, 0.25) is 0 Å². The molecule has 3 N–H and O–H groups in total. The monoisotopic (exact) mass is 517 g/mol. The van der Waals surface area contributed by atoms with Crippen molar-refractivity contribution >= 4 is 41.8 Å². The molecule has 0 aromatic heterocycles. The summed E-state index contributed by atoms with van der Waals surface area (Å²) in [6.07, 6.45) is 1.40. The molecule has 2 amide bonds. The molecule has 0 saturated carbocycles. The topological polar surface area (TPSA) is 95.1 Å². The number of nitrogens with zero attached hydrogens (tertiary/aromatic N) is 2. The molecule has 1 fully saturated rings. The molecule has 1 heterocycles. The van der Waals surface area contributed by atoms with Crippen LogP contribution in [0.1, 0.15) is 32.3 Å². The SMILES string of the molecule is CCNC(=NCC(=O)NCc1ccc(OC)cc1)NC1CCN(C(=O)CC)C1.I. The molecule has 1 atom stereocenters. The van der Waals surface area contributed by atoms with Gasteiger partial charge in [0.25, 0.3) is 0 Å². The minimum absolute atomic E-state index is 0. The number of aliphatic imine (C=N–C) groups is 1. The molecule has 0 bridgehead atoms. The molecular weight excluding hydrogens is 485 g/mol. The number of hydrogen-bond donors (Lipinski definition) is 3. The summed E-state index contributed by atoms with van der Waals surface area (Å²) in [6.45, 7) is 6.45. The van der Waals surface area contributed by atoms with Crippen LogP contribution in [-0.2, 0) is 16.1 Å². The summed E-state index contributed by atoms with van der Waals surface area (Å²) in [5.41, 5.74) is 0.995. The molecular formula is C20H32IN5O3. The number of benzene rings is 1. The van der Waals surface area contributed by atoms with E-state index in [1.54, 1.807) is 7.11 Å². The second-order valence-electron chi connectivity index (χ2n) is 6.64. The van der Waals surface area contributed by atoms with E-state index >= 15 is 0 Å². The first-order valence-corrected chi connectivity index (χ1v) is 9.78. The molecule has 162 valence electrons. The lowest BCUT2D eigenvalue weighted by Gasteiger charge is -2.18. The van der Waals surface area contributed by atoms with Gasteiger partial charge in [0.1, 0.15) is 12.3 Å². The molecule has 1 aliphatic rings. The molecule has 0 aliphatic carbocycles. The largest absolute Gasteiger partial charge is 0.497 e. The summed E-state index contributed by atoms with van der Waals surface area (Å²) >= 11 is 0. The highest BCUT2D eigenvalue weighted by atomic mass is 127. The van der Waals surface area contributed by atoms with Crippen molar-refractivity contribution < 1.29 is 14.3 Å². The summed E-state index contributed by atoms with van der Waals surface area (Å²) in [4.78, 5) is 30.1. The predicted molar refractivity (Wildman–Crippen MR) is 125 cm³/mol. The Labute approximate surface area is 189 Å². The van der Waals surface area contributed by atoms with Gasteiger partial charge >= 0.3 is 0 Å². The fourth-order valence-electron chi connectivity index (χ4n) is 2.99. The average molecular weight is 517 g/mol. The lowest BCUT2D eigenvalue weighted by atomic mass is 10.2. The Bertz CT molecular complexity index is 681.